The Morgan fingerprint density at radius 3 is 2.83 bits per heavy atom. The molecule has 1 N–H and O–H groups in total. The summed E-state index contributed by atoms with van der Waals surface area (Å²) in [6, 6.07) is 0.670. The van der Waals surface area contributed by atoms with Crippen molar-refractivity contribution >= 4 is 28.2 Å². The molecule has 0 radical (unpaired) electrons. The van der Waals surface area contributed by atoms with Crippen molar-refractivity contribution in [1.29, 1.82) is 0 Å². The number of anilines is 1. The van der Waals surface area contributed by atoms with Gasteiger partial charge in [0.2, 0.25) is 0 Å². The van der Waals surface area contributed by atoms with Crippen LogP contribution in [0.25, 0.3) is 0 Å². The van der Waals surface area contributed by atoms with Crippen LogP contribution in [0.15, 0.2) is 0 Å². The Kier molecular flexibility index (Phi) is 4.92. The van der Waals surface area contributed by atoms with Gasteiger partial charge in [0, 0.05) is 30.3 Å². The summed E-state index contributed by atoms with van der Waals surface area (Å²) in [4.78, 5) is 8.64. The highest BCUT2D eigenvalue weighted by molar-refractivity contribution is 7.99. The molecule has 1 saturated heterocycles. The van der Waals surface area contributed by atoms with E-state index in [1.54, 1.807) is 0 Å². The van der Waals surface area contributed by atoms with Crippen molar-refractivity contribution in [2.75, 3.05) is 30.5 Å². The Labute approximate surface area is 118 Å². The van der Waals surface area contributed by atoms with Crippen LogP contribution in [0.1, 0.15) is 36.8 Å². The van der Waals surface area contributed by atoms with Gasteiger partial charge in [0.1, 0.15) is 0 Å². The fourth-order valence-electron chi connectivity index (χ4n) is 2.22. The van der Waals surface area contributed by atoms with Crippen molar-refractivity contribution < 1.29 is 0 Å². The largest absolute Gasteiger partial charge is 0.347 e. The van der Waals surface area contributed by atoms with Crippen LogP contribution in [0.4, 0.5) is 5.13 Å². The summed E-state index contributed by atoms with van der Waals surface area (Å²) in [7, 11) is 4.20. The van der Waals surface area contributed by atoms with E-state index in [9.17, 15) is 0 Å². The van der Waals surface area contributed by atoms with E-state index in [4.69, 9.17) is 4.98 Å². The Bertz CT molecular complexity index is 384. The molecule has 1 aromatic rings. The molecule has 1 fully saturated rings. The molecule has 0 aliphatic carbocycles. The average molecular weight is 285 g/mol. The van der Waals surface area contributed by atoms with Gasteiger partial charge in [-0.2, -0.15) is 11.8 Å². The molecule has 1 aromatic heterocycles. The summed E-state index contributed by atoms with van der Waals surface area (Å²) >= 11 is 3.91. The number of thiazole rings is 1. The smallest absolute Gasteiger partial charge is 0.185 e. The van der Waals surface area contributed by atoms with Crippen LogP contribution < -0.4 is 10.2 Å². The number of hydrogen-bond acceptors (Lipinski definition) is 5. The van der Waals surface area contributed by atoms with Crippen molar-refractivity contribution in [1.82, 2.24) is 10.3 Å². The second-order valence-electron chi connectivity index (χ2n) is 5.12. The predicted octanol–water partition coefficient (Wildman–Crippen LogP) is 2.93. The van der Waals surface area contributed by atoms with Crippen LogP contribution in [-0.4, -0.2) is 36.6 Å². The third-order valence-electron chi connectivity index (χ3n) is 3.36. The molecule has 1 aliphatic heterocycles. The van der Waals surface area contributed by atoms with Crippen molar-refractivity contribution in [2.45, 2.75) is 38.8 Å². The fourth-order valence-corrected chi connectivity index (χ4v) is 4.75. The van der Waals surface area contributed by atoms with Crippen LogP contribution in [0, 0.1) is 0 Å². The first kappa shape index (κ1) is 14.2. The lowest BCUT2D eigenvalue weighted by Gasteiger charge is -2.22. The SMILES string of the molecule is CNCc1sc(N(C)C2CCSC2)nc1C(C)C. The Morgan fingerprint density at radius 2 is 2.28 bits per heavy atom. The molecule has 0 aromatic carbocycles. The molecule has 0 amide bonds. The van der Waals surface area contributed by atoms with Crippen LogP contribution in [0.2, 0.25) is 0 Å². The molecule has 18 heavy (non-hydrogen) atoms. The zero-order valence-electron chi connectivity index (χ0n) is 11.7. The molecular formula is C13H23N3S2. The third kappa shape index (κ3) is 3.00. The quantitative estimate of drug-likeness (QED) is 0.900. The monoisotopic (exact) mass is 285 g/mol. The minimum Gasteiger partial charge on any atom is -0.347 e. The standard InChI is InChI=1S/C13H23N3S2/c1-9(2)12-11(7-14-3)18-13(15-12)16(4)10-5-6-17-8-10/h9-10,14H,5-8H2,1-4H3. The highest BCUT2D eigenvalue weighted by Crippen LogP contribution is 2.33. The molecule has 1 aliphatic rings. The molecule has 3 nitrogen and oxygen atoms in total. The van der Waals surface area contributed by atoms with Gasteiger partial charge in [-0.25, -0.2) is 4.98 Å². The molecular weight excluding hydrogens is 262 g/mol. The first-order chi connectivity index (χ1) is 8.63. The van der Waals surface area contributed by atoms with E-state index in [1.807, 2.05) is 18.4 Å². The molecule has 2 heterocycles. The lowest BCUT2D eigenvalue weighted by Crippen LogP contribution is -2.31. The average Bonchev–Trinajstić information content (AvgIpc) is 2.97. The maximum atomic E-state index is 4.87. The van der Waals surface area contributed by atoms with Crippen LogP contribution >= 0.6 is 23.1 Å². The predicted molar refractivity (Wildman–Crippen MR) is 83.1 cm³/mol. The van der Waals surface area contributed by atoms with E-state index in [-0.39, 0.29) is 0 Å². The molecule has 0 bridgehead atoms. The van der Waals surface area contributed by atoms with Gasteiger partial charge in [-0.05, 0) is 25.1 Å². The van der Waals surface area contributed by atoms with Crippen LogP contribution in [0.5, 0.6) is 0 Å². The highest BCUT2D eigenvalue weighted by Gasteiger charge is 2.24. The van der Waals surface area contributed by atoms with Crippen molar-refractivity contribution in [2.24, 2.45) is 0 Å². The van der Waals surface area contributed by atoms with Crippen LogP contribution in [0.3, 0.4) is 0 Å². The van der Waals surface area contributed by atoms with Gasteiger partial charge in [-0.1, -0.05) is 13.8 Å². The number of nitrogens with zero attached hydrogens (tertiary/aromatic N) is 2. The topological polar surface area (TPSA) is 28.2 Å². The van der Waals surface area contributed by atoms with Gasteiger partial charge in [0.25, 0.3) is 0 Å². The molecule has 5 heteroatoms. The van der Waals surface area contributed by atoms with Crippen molar-refractivity contribution in [3.05, 3.63) is 10.6 Å². The summed E-state index contributed by atoms with van der Waals surface area (Å²) in [6.45, 7) is 5.38. The number of hydrogen-bond donors (Lipinski definition) is 1. The number of aromatic nitrogens is 1. The molecule has 1 unspecified atom stereocenters. The molecule has 2 rings (SSSR count). The lowest BCUT2D eigenvalue weighted by atomic mass is 10.1. The minimum atomic E-state index is 0.504. The maximum Gasteiger partial charge on any atom is 0.185 e. The van der Waals surface area contributed by atoms with Gasteiger partial charge in [0.15, 0.2) is 5.13 Å². The molecule has 102 valence electrons. The number of rotatable bonds is 5. The first-order valence-corrected chi connectivity index (χ1v) is 8.55. The Hall–Kier alpha value is -0.260. The summed E-state index contributed by atoms with van der Waals surface area (Å²) in [5.41, 5.74) is 1.27. The van der Waals surface area contributed by atoms with E-state index in [2.05, 4.69) is 42.9 Å². The van der Waals surface area contributed by atoms with E-state index in [0.717, 1.165) is 6.54 Å². The second-order valence-corrected chi connectivity index (χ2v) is 7.33. The number of nitrogens with one attached hydrogen (secondary N) is 1. The lowest BCUT2D eigenvalue weighted by molar-refractivity contribution is 0.693. The van der Waals surface area contributed by atoms with Crippen molar-refractivity contribution in [3.8, 4) is 0 Å². The van der Waals surface area contributed by atoms with Gasteiger partial charge in [-0.3, -0.25) is 0 Å². The highest BCUT2D eigenvalue weighted by atomic mass is 32.2. The summed E-state index contributed by atoms with van der Waals surface area (Å²) in [5, 5.41) is 4.44. The van der Waals surface area contributed by atoms with Gasteiger partial charge >= 0.3 is 0 Å². The summed E-state index contributed by atoms with van der Waals surface area (Å²) < 4.78 is 0. The zero-order valence-corrected chi connectivity index (χ0v) is 13.3. The Balaban J connectivity index is 2.19. The third-order valence-corrected chi connectivity index (χ3v) is 5.66. The molecule has 0 saturated carbocycles. The second kappa shape index (κ2) is 6.26. The van der Waals surface area contributed by atoms with Crippen LogP contribution in [-0.2, 0) is 6.54 Å². The first-order valence-electron chi connectivity index (χ1n) is 6.58. The van der Waals surface area contributed by atoms with E-state index in [0.29, 0.717) is 12.0 Å². The van der Waals surface area contributed by atoms with E-state index < -0.39 is 0 Å². The van der Waals surface area contributed by atoms with Crippen molar-refractivity contribution in [3.63, 3.8) is 0 Å². The Morgan fingerprint density at radius 1 is 1.50 bits per heavy atom. The summed E-state index contributed by atoms with van der Waals surface area (Å²) in [5.74, 6) is 3.04. The van der Waals surface area contributed by atoms with E-state index >= 15 is 0 Å². The number of thioether (sulfide) groups is 1. The molecule has 1 atom stereocenters. The maximum absolute atomic E-state index is 4.87. The van der Waals surface area contributed by atoms with Gasteiger partial charge in [-0.15, -0.1) is 11.3 Å². The van der Waals surface area contributed by atoms with E-state index in [1.165, 1.54) is 33.6 Å². The zero-order chi connectivity index (χ0) is 13.1. The van der Waals surface area contributed by atoms with Gasteiger partial charge < -0.3 is 10.2 Å². The summed E-state index contributed by atoms with van der Waals surface area (Å²) in [6.07, 6.45) is 1.29. The fraction of sp³-hybridized carbons (Fsp3) is 0.769. The van der Waals surface area contributed by atoms with Gasteiger partial charge in [0.05, 0.1) is 5.69 Å². The normalized spacial score (nSPS) is 19.7. The molecule has 0 spiro atoms. The minimum absolute atomic E-state index is 0.504.